The van der Waals surface area contributed by atoms with E-state index in [9.17, 15) is 0 Å². The molecule has 0 radical (unpaired) electrons. The molecule has 1 aromatic carbocycles. The minimum atomic E-state index is 0.440. The molecule has 4 rings (SSSR count). The van der Waals surface area contributed by atoms with Gasteiger partial charge in [0, 0.05) is 23.1 Å². The van der Waals surface area contributed by atoms with Crippen LogP contribution in [0.2, 0.25) is 0 Å². The highest BCUT2D eigenvalue weighted by atomic mass is 32.2. The Bertz CT molecular complexity index is 782. The lowest BCUT2D eigenvalue weighted by atomic mass is 10.0. The Balaban J connectivity index is 1.71. The summed E-state index contributed by atoms with van der Waals surface area (Å²) in [6.45, 7) is 0.872. The summed E-state index contributed by atoms with van der Waals surface area (Å²) in [6, 6.07) is 8.59. The predicted molar refractivity (Wildman–Crippen MR) is 79.6 cm³/mol. The van der Waals surface area contributed by atoms with Gasteiger partial charge in [0.05, 0.1) is 6.33 Å². The fourth-order valence-electron chi connectivity index (χ4n) is 2.65. The predicted octanol–water partition coefficient (Wildman–Crippen LogP) is 2.30. The summed E-state index contributed by atoms with van der Waals surface area (Å²) in [7, 11) is 0. The average Bonchev–Trinajstić information content (AvgIpc) is 3.06. The lowest BCUT2D eigenvalue weighted by Gasteiger charge is -2.11. The van der Waals surface area contributed by atoms with Crippen LogP contribution in [0.3, 0.4) is 0 Å². The van der Waals surface area contributed by atoms with Crippen molar-refractivity contribution in [2.75, 3.05) is 11.5 Å². The van der Waals surface area contributed by atoms with Crippen molar-refractivity contribution in [2.45, 2.75) is 17.4 Å². The number of nitrogens with zero attached hydrogens (tertiary/aromatic N) is 4. The van der Waals surface area contributed by atoms with E-state index in [0.717, 1.165) is 17.9 Å². The van der Waals surface area contributed by atoms with E-state index in [1.54, 1.807) is 6.33 Å². The van der Waals surface area contributed by atoms with Gasteiger partial charge in [-0.15, -0.1) is 11.8 Å². The maximum absolute atomic E-state index is 5.82. The van der Waals surface area contributed by atoms with Gasteiger partial charge in [0.1, 0.15) is 11.8 Å². The van der Waals surface area contributed by atoms with Gasteiger partial charge in [-0.2, -0.15) is 0 Å². The van der Waals surface area contributed by atoms with Gasteiger partial charge in [0.2, 0.25) is 0 Å². The van der Waals surface area contributed by atoms with E-state index < -0.39 is 0 Å². The summed E-state index contributed by atoms with van der Waals surface area (Å²) in [5, 5.41) is 0. The Labute approximate surface area is 120 Å². The lowest BCUT2D eigenvalue weighted by Crippen LogP contribution is -2.08. The molecule has 6 heteroatoms. The molecule has 0 spiro atoms. The topological polar surface area (TPSA) is 69.6 Å². The van der Waals surface area contributed by atoms with E-state index in [0.29, 0.717) is 17.3 Å². The van der Waals surface area contributed by atoms with Crippen LogP contribution in [0.5, 0.6) is 0 Å². The number of rotatable bonds is 2. The van der Waals surface area contributed by atoms with Crippen LogP contribution in [0.25, 0.3) is 11.2 Å². The van der Waals surface area contributed by atoms with E-state index in [1.807, 2.05) is 11.8 Å². The molecule has 1 aliphatic heterocycles. The largest absolute Gasteiger partial charge is 0.382 e. The molecule has 20 heavy (non-hydrogen) atoms. The van der Waals surface area contributed by atoms with Crippen LogP contribution in [0.15, 0.2) is 41.8 Å². The highest BCUT2D eigenvalue weighted by molar-refractivity contribution is 7.99. The van der Waals surface area contributed by atoms with Gasteiger partial charge in [0.15, 0.2) is 11.5 Å². The normalized spacial score (nSPS) is 17.5. The van der Waals surface area contributed by atoms with Gasteiger partial charge in [0.25, 0.3) is 0 Å². The minimum Gasteiger partial charge on any atom is -0.382 e. The number of anilines is 1. The van der Waals surface area contributed by atoms with Gasteiger partial charge in [-0.1, -0.05) is 18.2 Å². The molecule has 3 aromatic rings. The quantitative estimate of drug-likeness (QED) is 0.781. The Morgan fingerprint density at radius 1 is 1.25 bits per heavy atom. The third-order valence-electron chi connectivity index (χ3n) is 3.65. The van der Waals surface area contributed by atoms with E-state index in [2.05, 4.69) is 43.8 Å². The molecule has 0 saturated carbocycles. The van der Waals surface area contributed by atoms with E-state index >= 15 is 0 Å². The molecule has 1 atom stereocenters. The fraction of sp³-hybridized carbons (Fsp3) is 0.214. The van der Waals surface area contributed by atoms with Crippen molar-refractivity contribution in [3.8, 4) is 0 Å². The first-order valence-electron chi connectivity index (χ1n) is 6.46. The molecule has 1 unspecified atom stereocenters. The van der Waals surface area contributed by atoms with Crippen LogP contribution < -0.4 is 5.73 Å². The van der Waals surface area contributed by atoms with Gasteiger partial charge in [-0.05, 0) is 11.6 Å². The summed E-state index contributed by atoms with van der Waals surface area (Å²) in [5.41, 5.74) is 8.74. The first-order valence-corrected chi connectivity index (χ1v) is 7.44. The molecule has 0 saturated heterocycles. The summed E-state index contributed by atoms with van der Waals surface area (Å²) < 4.78 is 2.07. The zero-order valence-corrected chi connectivity index (χ0v) is 11.5. The molecule has 0 bridgehead atoms. The smallest absolute Gasteiger partial charge is 0.165 e. The SMILES string of the molecule is Nc1ncnc2c1ncn2CC1CSc2ccccc21. The van der Waals surface area contributed by atoms with Crippen LogP contribution in [-0.2, 0) is 6.54 Å². The highest BCUT2D eigenvalue weighted by Gasteiger charge is 2.23. The van der Waals surface area contributed by atoms with Crippen LogP contribution in [0.1, 0.15) is 11.5 Å². The second kappa shape index (κ2) is 4.49. The van der Waals surface area contributed by atoms with Crippen LogP contribution in [0.4, 0.5) is 5.82 Å². The molecule has 2 aromatic heterocycles. The van der Waals surface area contributed by atoms with Crippen molar-refractivity contribution >= 4 is 28.7 Å². The Morgan fingerprint density at radius 2 is 2.15 bits per heavy atom. The molecule has 2 N–H and O–H groups in total. The van der Waals surface area contributed by atoms with Crippen molar-refractivity contribution in [1.29, 1.82) is 0 Å². The van der Waals surface area contributed by atoms with Crippen LogP contribution >= 0.6 is 11.8 Å². The molecule has 0 fully saturated rings. The maximum Gasteiger partial charge on any atom is 0.165 e. The summed E-state index contributed by atoms with van der Waals surface area (Å²) >= 11 is 1.92. The molecule has 0 amide bonds. The fourth-order valence-corrected chi connectivity index (χ4v) is 3.89. The number of hydrogen-bond donors (Lipinski definition) is 1. The average molecular weight is 283 g/mol. The van der Waals surface area contributed by atoms with Crippen LogP contribution in [0, 0.1) is 0 Å². The van der Waals surface area contributed by atoms with Gasteiger partial charge < -0.3 is 10.3 Å². The lowest BCUT2D eigenvalue weighted by molar-refractivity contribution is 0.615. The Hall–Kier alpha value is -2.08. The number of fused-ring (bicyclic) bond motifs is 2. The second-order valence-corrected chi connectivity index (χ2v) is 5.94. The molecule has 1 aliphatic rings. The van der Waals surface area contributed by atoms with Gasteiger partial charge >= 0.3 is 0 Å². The maximum atomic E-state index is 5.82. The number of aromatic nitrogens is 4. The monoisotopic (exact) mass is 283 g/mol. The zero-order valence-electron chi connectivity index (χ0n) is 10.7. The first kappa shape index (κ1) is 11.7. The van der Waals surface area contributed by atoms with Crippen molar-refractivity contribution in [2.24, 2.45) is 0 Å². The van der Waals surface area contributed by atoms with Crippen molar-refractivity contribution in [3.63, 3.8) is 0 Å². The van der Waals surface area contributed by atoms with E-state index in [1.165, 1.54) is 16.8 Å². The number of thioether (sulfide) groups is 1. The third kappa shape index (κ3) is 1.76. The van der Waals surface area contributed by atoms with Crippen molar-refractivity contribution in [1.82, 2.24) is 19.5 Å². The second-order valence-electron chi connectivity index (χ2n) is 4.87. The van der Waals surface area contributed by atoms with Crippen molar-refractivity contribution in [3.05, 3.63) is 42.5 Å². The van der Waals surface area contributed by atoms with Crippen LogP contribution in [-0.4, -0.2) is 25.3 Å². The molecule has 3 heterocycles. The number of nitrogens with two attached hydrogens (primary N) is 1. The van der Waals surface area contributed by atoms with E-state index in [4.69, 9.17) is 5.73 Å². The van der Waals surface area contributed by atoms with Crippen molar-refractivity contribution < 1.29 is 0 Å². The summed E-state index contributed by atoms with van der Waals surface area (Å²) in [6.07, 6.45) is 3.30. The number of benzene rings is 1. The van der Waals surface area contributed by atoms with Gasteiger partial charge in [-0.3, -0.25) is 0 Å². The summed E-state index contributed by atoms with van der Waals surface area (Å²) in [5.74, 6) is 2.03. The Morgan fingerprint density at radius 3 is 3.10 bits per heavy atom. The molecule has 5 nitrogen and oxygen atoms in total. The molecular formula is C14H13N5S. The minimum absolute atomic E-state index is 0.440. The molecule has 100 valence electrons. The standard InChI is InChI=1S/C14H13N5S/c15-13-12-14(17-7-16-13)19(8-18-12)5-9-6-20-11-4-2-1-3-10(9)11/h1-4,7-9H,5-6H2,(H2,15,16,17). The summed E-state index contributed by atoms with van der Waals surface area (Å²) in [4.78, 5) is 14.0. The van der Waals surface area contributed by atoms with Gasteiger partial charge in [-0.25, -0.2) is 15.0 Å². The van der Waals surface area contributed by atoms with E-state index in [-0.39, 0.29) is 0 Å². The highest BCUT2D eigenvalue weighted by Crippen LogP contribution is 2.40. The first-order chi connectivity index (χ1) is 9.83. The Kier molecular flexibility index (Phi) is 2.63. The zero-order chi connectivity index (χ0) is 13.5. The molecule has 0 aliphatic carbocycles. The third-order valence-corrected chi connectivity index (χ3v) is 4.90. The number of nitrogen functional groups attached to an aromatic ring is 1. The number of imidazole rings is 1. The molecular weight excluding hydrogens is 270 g/mol. The number of hydrogen-bond acceptors (Lipinski definition) is 5.